The van der Waals surface area contributed by atoms with E-state index in [9.17, 15) is 14.4 Å². The first-order valence-electron chi connectivity index (χ1n) is 11.6. The molecule has 1 heterocycles. The molecular formula is C25H32BrN5O5. The van der Waals surface area contributed by atoms with E-state index in [-0.39, 0.29) is 18.9 Å². The van der Waals surface area contributed by atoms with Crippen molar-refractivity contribution in [2.45, 2.75) is 6.42 Å². The third-order valence-electron chi connectivity index (χ3n) is 5.99. The molecule has 194 valence electrons. The van der Waals surface area contributed by atoms with Crippen LogP contribution in [0.5, 0.6) is 5.75 Å². The van der Waals surface area contributed by atoms with Crippen LogP contribution < -0.4 is 15.4 Å². The lowest BCUT2D eigenvalue weighted by atomic mass is 10.1. The first kappa shape index (κ1) is 27.4. The number of carboxylic acids is 1. The Hall–Kier alpha value is -3.15. The Morgan fingerprint density at radius 3 is 2.36 bits per heavy atom. The van der Waals surface area contributed by atoms with Gasteiger partial charge in [0.05, 0.1) is 31.5 Å². The van der Waals surface area contributed by atoms with E-state index in [0.29, 0.717) is 36.8 Å². The van der Waals surface area contributed by atoms with E-state index < -0.39 is 12.0 Å². The van der Waals surface area contributed by atoms with Gasteiger partial charge >= 0.3 is 12.0 Å². The molecule has 0 aromatic heterocycles. The summed E-state index contributed by atoms with van der Waals surface area (Å²) in [5.74, 6) is -0.365. The predicted molar refractivity (Wildman–Crippen MR) is 142 cm³/mol. The Morgan fingerprint density at radius 2 is 1.69 bits per heavy atom. The molecule has 3 amide bonds. The number of nitrogens with zero attached hydrogens (tertiary/aromatic N) is 3. The summed E-state index contributed by atoms with van der Waals surface area (Å²) in [4.78, 5) is 41.9. The van der Waals surface area contributed by atoms with Crippen LogP contribution in [0, 0.1) is 0 Å². The minimum absolute atomic E-state index is 0.0195. The molecule has 2 aromatic rings. The number of amides is 3. The van der Waals surface area contributed by atoms with Crippen LogP contribution in [-0.4, -0.2) is 97.7 Å². The van der Waals surface area contributed by atoms with E-state index in [1.807, 2.05) is 23.1 Å². The molecule has 0 unspecified atom stereocenters. The first-order valence-corrected chi connectivity index (χ1v) is 12.4. The molecule has 0 saturated carbocycles. The summed E-state index contributed by atoms with van der Waals surface area (Å²) < 4.78 is 6.21. The number of methoxy groups -OCH3 is 1. The zero-order valence-electron chi connectivity index (χ0n) is 20.5. The van der Waals surface area contributed by atoms with Gasteiger partial charge in [0.15, 0.2) is 0 Å². The predicted octanol–water partition coefficient (Wildman–Crippen LogP) is 2.80. The van der Waals surface area contributed by atoms with Gasteiger partial charge in [0, 0.05) is 50.8 Å². The van der Waals surface area contributed by atoms with Gasteiger partial charge < -0.3 is 25.4 Å². The average molecular weight is 562 g/mol. The van der Waals surface area contributed by atoms with Crippen molar-refractivity contribution in [3.8, 4) is 5.75 Å². The van der Waals surface area contributed by atoms with Gasteiger partial charge in [-0.15, -0.1) is 0 Å². The number of nitrogens with one attached hydrogen (secondary N) is 2. The van der Waals surface area contributed by atoms with Gasteiger partial charge in [-0.1, -0.05) is 18.2 Å². The van der Waals surface area contributed by atoms with Gasteiger partial charge in [-0.25, -0.2) is 4.79 Å². The van der Waals surface area contributed by atoms with Crippen LogP contribution >= 0.6 is 15.9 Å². The molecule has 11 heteroatoms. The van der Waals surface area contributed by atoms with E-state index in [0.717, 1.165) is 29.7 Å². The summed E-state index contributed by atoms with van der Waals surface area (Å²) >= 11 is 3.40. The Labute approximate surface area is 219 Å². The van der Waals surface area contributed by atoms with Crippen LogP contribution in [0.15, 0.2) is 46.9 Å². The second-order valence-electron chi connectivity index (χ2n) is 8.60. The molecular weight excluding hydrogens is 530 g/mol. The van der Waals surface area contributed by atoms with Crippen LogP contribution in [0.4, 0.5) is 16.2 Å². The Kier molecular flexibility index (Phi) is 10.1. The molecule has 1 fully saturated rings. The number of carbonyl (C=O) groups is 3. The minimum atomic E-state index is -0.807. The van der Waals surface area contributed by atoms with Crippen molar-refractivity contribution in [1.29, 1.82) is 0 Å². The molecule has 0 spiro atoms. The fraction of sp³-hybridized carbons (Fsp3) is 0.400. The Bertz CT molecular complexity index is 1070. The van der Waals surface area contributed by atoms with Crippen molar-refractivity contribution in [2.75, 3.05) is 70.6 Å². The lowest BCUT2D eigenvalue weighted by Crippen LogP contribution is -2.49. The highest BCUT2D eigenvalue weighted by atomic mass is 79.9. The average Bonchev–Trinajstić information content (AvgIpc) is 2.85. The van der Waals surface area contributed by atoms with Crippen LogP contribution in [0.1, 0.15) is 5.56 Å². The second kappa shape index (κ2) is 13.2. The quantitative estimate of drug-likeness (QED) is 0.408. The van der Waals surface area contributed by atoms with Gasteiger partial charge in [-0.3, -0.25) is 19.4 Å². The zero-order chi connectivity index (χ0) is 26.1. The molecule has 36 heavy (non-hydrogen) atoms. The number of ether oxygens (including phenoxy) is 1. The number of hydrogen-bond acceptors (Lipinski definition) is 6. The SMILES string of the molecule is COc1cc(CC(=O)N(C)CCN2CCN(CC(=O)O)CC2)ccc1NC(=O)Nc1ccccc1Br. The molecule has 0 atom stereocenters. The van der Waals surface area contributed by atoms with Crippen LogP contribution in [0.25, 0.3) is 0 Å². The number of benzene rings is 2. The molecule has 0 aliphatic carbocycles. The Morgan fingerprint density at radius 1 is 1.03 bits per heavy atom. The summed E-state index contributed by atoms with van der Waals surface area (Å²) in [5, 5.41) is 14.5. The number of likely N-dealkylation sites (N-methyl/N-ethyl adjacent to an activating group) is 1. The third-order valence-corrected chi connectivity index (χ3v) is 6.68. The largest absolute Gasteiger partial charge is 0.495 e. The van der Waals surface area contributed by atoms with Crippen molar-refractivity contribution in [1.82, 2.24) is 14.7 Å². The third kappa shape index (κ3) is 8.21. The monoisotopic (exact) mass is 561 g/mol. The molecule has 1 aliphatic rings. The summed E-state index contributed by atoms with van der Waals surface area (Å²) in [6.45, 7) is 4.40. The van der Waals surface area contributed by atoms with Crippen LogP contribution in [-0.2, 0) is 16.0 Å². The summed E-state index contributed by atoms with van der Waals surface area (Å²) in [5.41, 5.74) is 1.91. The van der Waals surface area contributed by atoms with Gasteiger partial charge in [0.25, 0.3) is 0 Å². The lowest BCUT2D eigenvalue weighted by molar-refractivity contribution is -0.139. The standard InChI is InChI=1S/C25H32BrN5O5/c1-29(9-10-30-11-13-31(14-12-30)17-24(33)34)23(32)16-18-7-8-21(22(15-18)36-2)28-25(35)27-20-6-4-3-5-19(20)26/h3-8,15H,9-14,16-17H2,1-2H3,(H,33,34)(H2,27,28,35). The number of halogens is 1. The van der Waals surface area contributed by atoms with E-state index in [1.165, 1.54) is 7.11 Å². The van der Waals surface area contributed by atoms with Crippen LogP contribution in [0.3, 0.4) is 0 Å². The minimum Gasteiger partial charge on any atom is -0.495 e. The molecule has 0 radical (unpaired) electrons. The molecule has 10 nitrogen and oxygen atoms in total. The van der Waals surface area contributed by atoms with Gasteiger partial charge in [0.2, 0.25) is 5.91 Å². The van der Waals surface area contributed by atoms with Gasteiger partial charge in [-0.05, 0) is 45.8 Å². The second-order valence-corrected chi connectivity index (χ2v) is 9.45. The smallest absolute Gasteiger partial charge is 0.323 e. The zero-order valence-corrected chi connectivity index (χ0v) is 22.1. The van der Waals surface area contributed by atoms with Crippen molar-refractivity contribution >= 4 is 45.2 Å². The number of aliphatic carboxylic acids is 1. The van der Waals surface area contributed by atoms with Crippen molar-refractivity contribution in [3.05, 3.63) is 52.5 Å². The number of hydrogen-bond donors (Lipinski definition) is 3. The number of urea groups is 1. The lowest BCUT2D eigenvalue weighted by Gasteiger charge is -2.34. The number of para-hydroxylation sites is 1. The maximum absolute atomic E-state index is 12.8. The van der Waals surface area contributed by atoms with E-state index in [2.05, 4.69) is 31.5 Å². The van der Waals surface area contributed by atoms with E-state index in [1.54, 1.807) is 36.2 Å². The maximum Gasteiger partial charge on any atom is 0.323 e. The number of carboxylic acid groups (broad SMARTS) is 1. The molecule has 2 aromatic carbocycles. The summed E-state index contributed by atoms with van der Waals surface area (Å²) in [6, 6.07) is 12.2. The van der Waals surface area contributed by atoms with Crippen molar-refractivity contribution in [2.24, 2.45) is 0 Å². The van der Waals surface area contributed by atoms with E-state index >= 15 is 0 Å². The van der Waals surface area contributed by atoms with Gasteiger partial charge in [0.1, 0.15) is 5.75 Å². The van der Waals surface area contributed by atoms with Gasteiger partial charge in [-0.2, -0.15) is 0 Å². The molecule has 0 bridgehead atoms. The maximum atomic E-state index is 12.8. The van der Waals surface area contributed by atoms with Crippen molar-refractivity contribution in [3.63, 3.8) is 0 Å². The summed E-state index contributed by atoms with van der Waals surface area (Å²) in [6.07, 6.45) is 0.211. The summed E-state index contributed by atoms with van der Waals surface area (Å²) in [7, 11) is 3.29. The number of anilines is 2. The highest BCUT2D eigenvalue weighted by Gasteiger charge is 2.20. The highest BCUT2D eigenvalue weighted by molar-refractivity contribution is 9.10. The Balaban J connectivity index is 1.48. The number of carbonyl (C=O) groups excluding carboxylic acids is 2. The van der Waals surface area contributed by atoms with Crippen LogP contribution in [0.2, 0.25) is 0 Å². The topological polar surface area (TPSA) is 114 Å². The molecule has 1 aliphatic heterocycles. The fourth-order valence-corrected chi connectivity index (χ4v) is 4.26. The first-order chi connectivity index (χ1) is 17.2. The molecule has 3 N–H and O–H groups in total. The number of piperazine rings is 1. The normalized spacial score (nSPS) is 14.2. The van der Waals surface area contributed by atoms with Crippen molar-refractivity contribution < 1.29 is 24.2 Å². The molecule has 1 saturated heterocycles. The fourth-order valence-electron chi connectivity index (χ4n) is 3.88. The molecule has 3 rings (SSSR count). The highest BCUT2D eigenvalue weighted by Crippen LogP contribution is 2.27. The number of rotatable bonds is 10. The van der Waals surface area contributed by atoms with E-state index in [4.69, 9.17) is 9.84 Å².